The van der Waals surface area contributed by atoms with Crippen molar-refractivity contribution in [3.63, 3.8) is 0 Å². The van der Waals surface area contributed by atoms with E-state index < -0.39 is 5.41 Å². The minimum Gasteiger partial charge on any atom is -0.309 e. The van der Waals surface area contributed by atoms with E-state index in [1.165, 1.54) is 60.9 Å². The number of rotatable bonds is 5. The highest BCUT2D eigenvalue weighted by Gasteiger charge is 2.50. The van der Waals surface area contributed by atoms with E-state index in [2.05, 4.69) is 198 Å². The highest BCUT2D eigenvalue weighted by molar-refractivity contribution is 6.13. The third kappa shape index (κ3) is 4.98. The van der Waals surface area contributed by atoms with Crippen LogP contribution in [-0.2, 0) is 5.41 Å². The third-order valence-corrected chi connectivity index (χ3v) is 13.1. The van der Waals surface area contributed by atoms with Crippen molar-refractivity contribution in [3.8, 4) is 73.1 Å². The Bertz CT molecular complexity index is 3520. The van der Waals surface area contributed by atoms with Gasteiger partial charge in [0.05, 0.1) is 39.2 Å². The van der Waals surface area contributed by atoms with Crippen LogP contribution in [0.2, 0.25) is 0 Å². The second-order valence-electron chi connectivity index (χ2n) is 16.3. The average Bonchev–Trinajstić information content (AvgIpc) is 3.85. The van der Waals surface area contributed by atoms with Gasteiger partial charge in [0.15, 0.2) is 5.82 Å². The van der Waals surface area contributed by atoms with Crippen LogP contribution in [0, 0.1) is 0 Å². The molecule has 0 fully saturated rings. The molecule has 2 aliphatic rings. The van der Waals surface area contributed by atoms with Gasteiger partial charge in [0.2, 0.25) is 0 Å². The quantitative estimate of drug-likeness (QED) is 0.174. The number of hydrogen-bond donors (Lipinski definition) is 0. The number of pyridine rings is 1. The Morgan fingerprint density at radius 3 is 1.73 bits per heavy atom. The predicted molar refractivity (Wildman–Crippen MR) is 252 cm³/mol. The number of hydrogen-bond acceptors (Lipinski definition) is 3. The molecule has 1 aliphatic heterocycles. The van der Waals surface area contributed by atoms with E-state index in [1.807, 2.05) is 30.5 Å². The molecule has 4 nitrogen and oxygen atoms in total. The van der Waals surface area contributed by atoms with Crippen LogP contribution in [0.4, 0.5) is 0 Å². The van der Waals surface area contributed by atoms with Crippen LogP contribution >= 0.6 is 0 Å². The molecule has 0 unspecified atom stereocenters. The van der Waals surface area contributed by atoms with E-state index in [-0.39, 0.29) is 0 Å². The molecule has 0 bridgehead atoms. The van der Waals surface area contributed by atoms with E-state index in [1.54, 1.807) is 0 Å². The van der Waals surface area contributed by atoms with Crippen LogP contribution in [0.1, 0.15) is 22.3 Å². The van der Waals surface area contributed by atoms with Gasteiger partial charge in [-0.2, -0.15) is 0 Å². The normalized spacial score (nSPS) is 13.0. The Morgan fingerprint density at radius 2 is 0.952 bits per heavy atom. The van der Waals surface area contributed by atoms with Gasteiger partial charge < -0.3 is 4.57 Å². The molecule has 8 aromatic carbocycles. The van der Waals surface area contributed by atoms with Crippen LogP contribution in [0.25, 0.3) is 94.9 Å². The van der Waals surface area contributed by atoms with Crippen molar-refractivity contribution in [2.24, 2.45) is 0 Å². The molecule has 0 radical (unpaired) electrons. The molecule has 4 heteroatoms. The van der Waals surface area contributed by atoms with E-state index in [0.29, 0.717) is 5.82 Å². The summed E-state index contributed by atoms with van der Waals surface area (Å²) in [7, 11) is 0. The zero-order chi connectivity index (χ0) is 40.8. The summed E-state index contributed by atoms with van der Waals surface area (Å²) in [6, 6.07) is 76.6. The first kappa shape index (κ1) is 34.6. The van der Waals surface area contributed by atoms with Crippen molar-refractivity contribution < 1.29 is 0 Å². The highest BCUT2D eigenvalue weighted by Crippen LogP contribution is 2.61. The standard InChI is InChI=1S/C58H36N4/c1-2-14-38(15-3-1)52-36-53(61-57(60-52)42-17-12-16-41(34-42)51-25-10-11-33-59-51)39-29-27-37(28-30-39)40-31-32-49-55(35-40)62-54-26-9-6-20-45(54)46-21-13-24-50(56(46)62)58(49)47-22-7-4-18-43(47)44-19-5-8-23-48(44)58/h1-36H. The Kier molecular flexibility index (Phi) is 7.49. The Hall–Kier alpha value is -8.21. The van der Waals surface area contributed by atoms with E-state index in [9.17, 15) is 0 Å². The van der Waals surface area contributed by atoms with Crippen LogP contribution in [0.15, 0.2) is 219 Å². The van der Waals surface area contributed by atoms with Gasteiger partial charge in [-0.1, -0.05) is 176 Å². The molecule has 0 amide bonds. The number of fused-ring (bicyclic) bond motifs is 12. The van der Waals surface area contributed by atoms with Crippen molar-refractivity contribution in [3.05, 3.63) is 241 Å². The van der Waals surface area contributed by atoms with Gasteiger partial charge in [-0.3, -0.25) is 4.98 Å². The lowest BCUT2D eigenvalue weighted by atomic mass is 9.65. The molecule has 0 N–H and O–H groups in total. The molecular formula is C58H36N4. The van der Waals surface area contributed by atoms with Crippen LogP contribution in [0.5, 0.6) is 0 Å². The first-order valence-electron chi connectivity index (χ1n) is 21.2. The molecule has 0 saturated heterocycles. The number of benzene rings is 8. The number of aromatic nitrogens is 4. The molecule has 3 aromatic heterocycles. The van der Waals surface area contributed by atoms with Crippen LogP contribution in [0.3, 0.4) is 0 Å². The fourth-order valence-corrected chi connectivity index (χ4v) is 10.4. The zero-order valence-corrected chi connectivity index (χ0v) is 33.6. The average molecular weight is 789 g/mol. The van der Waals surface area contributed by atoms with Crippen molar-refractivity contribution in [1.29, 1.82) is 0 Å². The molecule has 1 aliphatic carbocycles. The summed E-state index contributed by atoms with van der Waals surface area (Å²) >= 11 is 0. The summed E-state index contributed by atoms with van der Waals surface area (Å²) in [4.78, 5) is 14.9. The second-order valence-corrected chi connectivity index (χ2v) is 16.3. The van der Waals surface area contributed by atoms with E-state index >= 15 is 0 Å². The monoisotopic (exact) mass is 788 g/mol. The molecule has 0 saturated carbocycles. The van der Waals surface area contributed by atoms with Crippen molar-refractivity contribution in [1.82, 2.24) is 19.5 Å². The van der Waals surface area contributed by atoms with Crippen molar-refractivity contribution >= 4 is 21.8 Å². The second kappa shape index (κ2) is 13.4. The van der Waals surface area contributed by atoms with Crippen molar-refractivity contribution in [2.75, 3.05) is 0 Å². The maximum absolute atomic E-state index is 5.20. The lowest BCUT2D eigenvalue weighted by Gasteiger charge is -2.39. The lowest BCUT2D eigenvalue weighted by Crippen LogP contribution is -2.33. The molecule has 11 aromatic rings. The Morgan fingerprint density at radius 1 is 0.355 bits per heavy atom. The van der Waals surface area contributed by atoms with E-state index in [0.717, 1.165) is 50.5 Å². The van der Waals surface area contributed by atoms with E-state index in [4.69, 9.17) is 9.97 Å². The largest absolute Gasteiger partial charge is 0.309 e. The van der Waals surface area contributed by atoms with Gasteiger partial charge in [-0.05, 0) is 80.9 Å². The van der Waals surface area contributed by atoms with Gasteiger partial charge in [-0.15, -0.1) is 0 Å². The van der Waals surface area contributed by atoms with Gasteiger partial charge in [0.1, 0.15) is 0 Å². The first-order chi connectivity index (χ1) is 30.7. The molecule has 13 rings (SSSR count). The fraction of sp³-hybridized carbons (Fsp3) is 0.0172. The summed E-state index contributed by atoms with van der Waals surface area (Å²) in [5.41, 5.74) is 20.2. The molecule has 0 atom stereocenters. The maximum atomic E-state index is 5.20. The van der Waals surface area contributed by atoms with Crippen molar-refractivity contribution in [2.45, 2.75) is 5.41 Å². The Balaban J connectivity index is 0.971. The summed E-state index contributed by atoms with van der Waals surface area (Å²) in [6.07, 6.45) is 1.82. The molecule has 4 heterocycles. The third-order valence-electron chi connectivity index (χ3n) is 13.1. The fourth-order valence-electron chi connectivity index (χ4n) is 10.4. The molecule has 62 heavy (non-hydrogen) atoms. The first-order valence-corrected chi connectivity index (χ1v) is 21.2. The predicted octanol–water partition coefficient (Wildman–Crippen LogP) is 14.0. The number of nitrogens with zero attached hydrogens (tertiary/aromatic N) is 4. The molecule has 288 valence electrons. The SMILES string of the molecule is c1ccc(-c2cc(-c3ccc(-c4ccc5c(c4)-n4c6ccccc6c6cccc(c64)C54c5ccccc5-c5ccccc54)cc3)nc(-c3cccc(-c4ccccn4)c3)n2)cc1. The van der Waals surface area contributed by atoms with Gasteiger partial charge in [0.25, 0.3) is 0 Å². The zero-order valence-electron chi connectivity index (χ0n) is 33.6. The van der Waals surface area contributed by atoms with Gasteiger partial charge >= 0.3 is 0 Å². The van der Waals surface area contributed by atoms with Crippen LogP contribution < -0.4 is 0 Å². The lowest BCUT2D eigenvalue weighted by molar-refractivity contribution is 0.748. The summed E-state index contributed by atoms with van der Waals surface area (Å²) in [5, 5.41) is 2.55. The topological polar surface area (TPSA) is 43.6 Å². The smallest absolute Gasteiger partial charge is 0.160 e. The minimum atomic E-state index is -0.465. The molecule has 1 spiro atoms. The molecular weight excluding hydrogens is 753 g/mol. The summed E-state index contributed by atoms with van der Waals surface area (Å²) < 4.78 is 2.53. The van der Waals surface area contributed by atoms with Gasteiger partial charge in [0, 0.05) is 39.2 Å². The summed E-state index contributed by atoms with van der Waals surface area (Å²) in [6.45, 7) is 0. The summed E-state index contributed by atoms with van der Waals surface area (Å²) in [5.74, 6) is 0.674. The number of para-hydroxylation sites is 2. The minimum absolute atomic E-state index is 0.465. The maximum Gasteiger partial charge on any atom is 0.160 e. The highest BCUT2D eigenvalue weighted by atomic mass is 15.0. The Labute approximate surface area is 359 Å². The van der Waals surface area contributed by atoms with Crippen LogP contribution in [-0.4, -0.2) is 19.5 Å². The van der Waals surface area contributed by atoms with Gasteiger partial charge in [-0.25, -0.2) is 9.97 Å².